The zero-order chi connectivity index (χ0) is 14.3. The average Bonchev–Trinajstić information content (AvgIpc) is 2.35. The molecule has 1 aliphatic rings. The number of aliphatic hydroxyl groups excluding tert-OH is 1. The highest BCUT2D eigenvalue weighted by Crippen LogP contribution is 2.16. The van der Waals surface area contributed by atoms with Crippen LogP contribution in [0.15, 0.2) is 0 Å². The van der Waals surface area contributed by atoms with Gasteiger partial charge in [-0.2, -0.15) is 0 Å². The Morgan fingerprint density at radius 3 is 2.58 bits per heavy atom. The molecule has 2 N–H and O–H groups in total. The summed E-state index contributed by atoms with van der Waals surface area (Å²) in [4.78, 5) is 15.4. The number of carbonyl (C=O) groups excluding carboxylic acids is 1. The normalized spacial score (nSPS) is 19.4. The molecule has 0 aromatic rings. The zero-order valence-electron chi connectivity index (χ0n) is 12.6. The third kappa shape index (κ3) is 6.89. The summed E-state index contributed by atoms with van der Waals surface area (Å²) in [5, 5.41) is 12.7. The number of aliphatic hydroxyl groups is 1. The molecule has 5 heteroatoms. The molecule has 1 atom stereocenters. The van der Waals surface area contributed by atoms with Gasteiger partial charge >= 0.3 is 0 Å². The van der Waals surface area contributed by atoms with E-state index in [1.54, 1.807) is 19.0 Å². The number of carbonyl (C=O) groups is 1. The summed E-state index contributed by atoms with van der Waals surface area (Å²) >= 11 is 0. The van der Waals surface area contributed by atoms with Crippen molar-refractivity contribution >= 4 is 5.91 Å². The van der Waals surface area contributed by atoms with E-state index in [9.17, 15) is 9.90 Å². The summed E-state index contributed by atoms with van der Waals surface area (Å²) in [7, 11) is 3.58. The summed E-state index contributed by atoms with van der Waals surface area (Å²) < 4.78 is 0. The van der Waals surface area contributed by atoms with Crippen molar-refractivity contribution < 1.29 is 9.90 Å². The quantitative estimate of drug-likeness (QED) is 0.647. The minimum Gasteiger partial charge on any atom is -0.392 e. The maximum atomic E-state index is 11.4. The molecule has 1 aliphatic heterocycles. The van der Waals surface area contributed by atoms with E-state index in [1.165, 1.54) is 12.8 Å². The molecule has 0 unspecified atom stereocenters. The Morgan fingerprint density at radius 1 is 1.42 bits per heavy atom. The van der Waals surface area contributed by atoms with Gasteiger partial charge in [0, 0.05) is 33.6 Å². The van der Waals surface area contributed by atoms with Crippen LogP contribution in [0.3, 0.4) is 0 Å². The van der Waals surface area contributed by atoms with Crippen molar-refractivity contribution in [2.45, 2.75) is 32.3 Å². The lowest BCUT2D eigenvalue weighted by molar-refractivity contribution is -0.128. The maximum Gasteiger partial charge on any atom is 0.223 e. The monoisotopic (exact) mass is 271 g/mol. The molecule has 1 rings (SSSR count). The largest absolute Gasteiger partial charge is 0.392 e. The van der Waals surface area contributed by atoms with E-state index in [0.29, 0.717) is 12.3 Å². The fourth-order valence-electron chi connectivity index (χ4n) is 2.47. The molecule has 1 saturated heterocycles. The van der Waals surface area contributed by atoms with E-state index >= 15 is 0 Å². The topological polar surface area (TPSA) is 55.8 Å². The smallest absolute Gasteiger partial charge is 0.223 e. The minimum absolute atomic E-state index is 0.180. The number of β-amino-alcohol motifs (C(OH)–C–C–N with tert-alkyl or cyclic N) is 1. The van der Waals surface area contributed by atoms with Crippen LogP contribution in [0.2, 0.25) is 0 Å². The highest BCUT2D eigenvalue weighted by atomic mass is 16.3. The third-order valence-electron chi connectivity index (χ3n) is 3.68. The first-order valence-corrected chi connectivity index (χ1v) is 7.30. The molecule has 0 radical (unpaired) electrons. The van der Waals surface area contributed by atoms with E-state index in [4.69, 9.17) is 0 Å². The number of nitrogens with one attached hydrogen (secondary N) is 1. The predicted molar refractivity (Wildman–Crippen MR) is 77.0 cm³/mol. The van der Waals surface area contributed by atoms with Gasteiger partial charge in [-0.15, -0.1) is 0 Å². The first-order valence-electron chi connectivity index (χ1n) is 7.30. The molecule has 0 aliphatic carbocycles. The summed E-state index contributed by atoms with van der Waals surface area (Å²) in [5.41, 5.74) is 0. The lowest BCUT2D eigenvalue weighted by atomic mass is 9.96. The number of hydrogen-bond acceptors (Lipinski definition) is 4. The van der Waals surface area contributed by atoms with Crippen LogP contribution in [-0.4, -0.2) is 73.7 Å². The van der Waals surface area contributed by atoms with Gasteiger partial charge in [-0.1, -0.05) is 0 Å². The molecule has 0 saturated carbocycles. The van der Waals surface area contributed by atoms with Gasteiger partial charge < -0.3 is 20.2 Å². The first kappa shape index (κ1) is 16.4. The molecule has 0 spiro atoms. The summed E-state index contributed by atoms with van der Waals surface area (Å²) in [6.07, 6.45) is 2.71. The third-order valence-corrected chi connectivity index (χ3v) is 3.68. The second-order valence-electron chi connectivity index (χ2n) is 5.84. The lowest BCUT2D eigenvalue weighted by Gasteiger charge is -2.32. The molecular formula is C14H29N3O2. The van der Waals surface area contributed by atoms with Crippen molar-refractivity contribution in [3.05, 3.63) is 0 Å². The summed E-state index contributed by atoms with van der Waals surface area (Å²) in [6.45, 7) is 6.56. The van der Waals surface area contributed by atoms with Gasteiger partial charge in [0.15, 0.2) is 0 Å². The Kier molecular flexibility index (Phi) is 7.34. The molecule has 5 nitrogen and oxygen atoms in total. The standard InChI is InChI=1S/C14H29N3O2/c1-12(18)11-17-8-5-13(6-9-17)10-15-7-4-14(19)16(2)3/h12-13,15,18H,4-11H2,1-3H3/t12-/m0/s1. The van der Waals surface area contributed by atoms with Crippen LogP contribution in [0, 0.1) is 5.92 Å². The van der Waals surface area contributed by atoms with Crippen molar-refractivity contribution in [3.63, 3.8) is 0 Å². The van der Waals surface area contributed by atoms with Gasteiger partial charge in [0.1, 0.15) is 0 Å². The van der Waals surface area contributed by atoms with Gasteiger partial charge in [-0.3, -0.25) is 4.79 Å². The molecule has 1 amide bonds. The molecular weight excluding hydrogens is 242 g/mol. The molecule has 0 aromatic heterocycles. The number of nitrogens with zero attached hydrogens (tertiary/aromatic N) is 2. The Hall–Kier alpha value is -0.650. The maximum absolute atomic E-state index is 11.4. The Bertz CT molecular complexity index is 261. The molecule has 0 bridgehead atoms. The van der Waals surface area contributed by atoms with Gasteiger partial charge in [-0.05, 0) is 45.3 Å². The number of amides is 1. The number of hydrogen-bond donors (Lipinski definition) is 2. The molecule has 1 fully saturated rings. The Balaban J connectivity index is 2.05. The number of likely N-dealkylation sites (tertiary alicyclic amines) is 1. The van der Waals surface area contributed by atoms with Crippen molar-refractivity contribution in [2.75, 3.05) is 46.8 Å². The van der Waals surface area contributed by atoms with Gasteiger partial charge in [0.05, 0.1) is 6.10 Å². The van der Waals surface area contributed by atoms with Crippen LogP contribution in [-0.2, 0) is 4.79 Å². The molecule has 0 aromatic carbocycles. The highest BCUT2D eigenvalue weighted by Gasteiger charge is 2.19. The SMILES string of the molecule is C[C@H](O)CN1CCC(CNCCC(=O)N(C)C)CC1. The van der Waals surface area contributed by atoms with Crippen molar-refractivity contribution in [1.29, 1.82) is 0 Å². The highest BCUT2D eigenvalue weighted by molar-refractivity contribution is 5.75. The predicted octanol–water partition coefficient (Wildman–Crippen LogP) is 0.147. The van der Waals surface area contributed by atoms with Gasteiger partial charge in [0.25, 0.3) is 0 Å². The van der Waals surface area contributed by atoms with E-state index in [1.807, 2.05) is 6.92 Å². The van der Waals surface area contributed by atoms with Crippen LogP contribution in [0.4, 0.5) is 0 Å². The second-order valence-corrected chi connectivity index (χ2v) is 5.84. The summed E-state index contributed by atoms with van der Waals surface area (Å²) in [6, 6.07) is 0. The van der Waals surface area contributed by atoms with E-state index < -0.39 is 0 Å². The van der Waals surface area contributed by atoms with Crippen molar-refractivity contribution in [2.24, 2.45) is 5.92 Å². The van der Waals surface area contributed by atoms with Gasteiger partial charge in [-0.25, -0.2) is 0 Å². The van der Waals surface area contributed by atoms with Crippen molar-refractivity contribution in [3.8, 4) is 0 Å². The fraction of sp³-hybridized carbons (Fsp3) is 0.929. The summed E-state index contributed by atoms with van der Waals surface area (Å²) in [5.74, 6) is 0.888. The van der Waals surface area contributed by atoms with E-state index in [-0.39, 0.29) is 12.0 Å². The lowest BCUT2D eigenvalue weighted by Crippen LogP contribution is -2.40. The Labute approximate surface area is 117 Å². The van der Waals surface area contributed by atoms with Crippen LogP contribution in [0.1, 0.15) is 26.2 Å². The van der Waals surface area contributed by atoms with Crippen LogP contribution in [0.5, 0.6) is 0 Å². The van der Waals surface area contributed by atoms with E-state index in [2.05, 4.69) is 10.2 Å². The first-order chi connectivity index (χ1) is 8.99. The molecule has 112 valence electrons. The average molecular weight is 271 g/mol. The number of piperidine rings is 1. The van der Waals surface area contributed by atoms with Crippen LogP contribution >= 0.6 is 0 Å². The number of rotatable bonds is 7. The fourth-order valence-corrected chi connectivity index (χ4v) is 2.47. The van der Waals surface area contributed by atoms with Gasteiger partial charge in [0.2, 0.25) is 5.91 Å². The zero-order valence-corrected chi connectivity index (χ0v) is 12.6. The second kappa shape index (κ2) is 8.51. The van der Waals surface area contributed by atoms with Crippen molar-refractivity contribution in [1.82, 2.24) is 15.1 Å². The Morgan fingerprint density at radius 2 is 2.05 bits per heavy atom. The minimum atomic E-state index is -0.230. The van der Waals surface area contributed by atoms with Crippen LogP contribution in [0.25, 0.3) is 0 Å². The molecule has 19 heavy (non-hydrogen) atoms. The van der Waals surface area contributed by atoms with E-state index in [0.717, 1.165) is 32.7 Å². The molecule has 1 heterocycles. The van der Waals surface area contributed by atoms with Crippen LogP contribution < -0.4 is 5.32 Å².